The largest absolute Gasteiger partial charge is 0.496 e. The molecule has 152 valence electrons. The van der Waals surface area contributed by atoms with Gasteiger partial charge in [-0.1, -0.05) is 42.5 Å². The molecule has 0 aliphatic heterocycles. The summed E-state index contributed by atoms with van der Waals surface area (Å²) in [5, 5.41) is 5.26. The van der Waals surface area contributed by atoms with Crippen molar-refractivity contribution in [2.24, 2.45) is 0 Å². The fourth-order valence-corrected chi connectivity index (χ4v) is 3.41. The van der Waals surface area contributed by atoms with Gasteiger partial charge in [0.15, 0.2) is 6.61 Å². The van der Waals surface area contributed by atoms with Gasteiger partial charge in [-0.05, 0) is 36.6 Å². The molecule has 0 fully saturated rings. The molecule has 1 heterocycles. The zero-order chi connectivity index (χ0) is 21.1. The fourth-order valence-electron chi connectivity index (χ4n) is 3.41. The number of carbonyl (C=O) groups excluding carboxylic acids is 2. The Hall–Kier alpha value is -3.80. The summed E-state index contributed by atoms with van der Waals surface area (Å²) in [6.45, 7) is 1.43. The number of rotatable bonds is 6. The highest BCUT2D eigenvalue weighted by molar-refractivity contribution is 6.06. The van der Waals surface area contributed by atoms with Gasteiger partial charge < -0.3 is 19.2 Å². The summed E-state index contributed by atoms with van der Waals surface area (Å²) in [6, 6.07) is 19.9. The number of hydrogen-bond donors (Lipinski definition) is 1. The number of hydrogen-bond acceptors (Lipinski definition) is 5. The van der Waals surface area contributed by atoms with E-state index < -0.39 is 11.9 Å². The zero-order valence-corrected chi connectivity index (χ0v) is 16.7. The van der Waals surface area contributed by atoms with Gasteiger partial charge in [0, 0.05) is 10.8 Å². The van der Waals surface area contributed by atoms with Crippen molar-refractivity contribution in [3.8, 4) is 5.75 Å². The van der Waals surface area contributed by atoms with Crippen molar-refractivity contribution < 1.29 is 23.5 Å². The van der Waals surface area contributed by atoms with Crippen LogP contribution in [0.2, 0.25) is 0 Å². The van der Waals surface area contributed by atoms with Gasteiger partial charge in [0.2, 0.25) is 0 Å². The van der Waals surface area contributed by atoms with E-state index in [4.69, 9.17) is 13.9 Å². The highest BCUT2D eigenvalue weighted by atomic mass is 16.5. The first-order valence-corrected chi connectivity index (χ1v) is 9.57. The minimum Gasteiger partial charge on any atom is -0.496 e. The standard InChI is InChI=1S/C24H21NO5/c1-15(22-13-16-7-3-6-10-20(16)30-22)25-23(26)14-29-24(27)19-11-12-21(28-2)18-9-5-4-8-17(18)19/h3-13,15H,14H2,1-2H3,(H,25,26)/t15-/m0/s1. The topological polar surface area (TPSA) is 77.8 Å². The first kappa shape index (κ1) is 19.5. The van der Waals surface area contributed by atoms with E-state index in [1.165, 1.54) is 0 Å². The van der Waals surface area contributed by atoms with Crippen molar-refractivity contribution in [2.45, 2.75) is 13.0 Å². The number of amides is 1. The van der Waals surface area contributed by atoms with E-state index in [1.807, 2.05) is 61.5 Å². The van der Waals surface area contributed by atoms with Crippen molar-refractivity contribution >= 4 is 33.6 Å². The van der Waals surface area contributed by atoms with E-state index >= 15 is 0 Å². The molecule has 0 saturated carbocycles. The van der Waals surface area contributed by atoms with Crippen LogP contribution in [0.25, 0.3) is 21.7 Å². The van der Waals surface area contributed by atoms with Gasteiger partial charge in [-0.2, -0.15) is 0 Å². The van der Waals surface area contributed by atoms with Crippen molar-refractivity contribution in [3.05, 3.63) is 78.1 Å². The van der Waals surface area contributed by atoms with Crippen LogP contribution in [0.15, 0.2) is 71.1 Å². The molecular weight excluding hydrogens is 382 g/mol. The predicted octanol–water partition coefficient (Wildman–Crippen LogP) is 4.63. The molecule has 4 aromatic rings. The Morgan fingerprint density at radius 1 is 1.00 bits per heavy atom. The van der Waals surface area contributed by atoms with Gasteiger partial charge in [-0.15, -0.1) is 0 Å². The summed E-state index contributed by atoms with van der Waals surface area (Å²) < 4.78 is 16.3. The van der Waals surface area contributed by atoms with Crippen LogP contribution in [0.1, 0.15) is 29.1 Å². The minimum absolute atomic E-state index is 0.356. The van der Waals surface area contributed by atoms with Crippen LogP contribution in [-0.4, -0.2) is 25.6 Å². The van der Waals surface area contributed by atoms with E-state index in [2.05, 4.69) is 5.32 Å². The van der Waals surface area contributed by atoms with Gasteiger partial charge in [-0.3, -0.25) is 4.79 Å². The number of nitrogens with one attached hydrogen (secondary N) is 1. The minimum atomic E-state index is -0.569. The molecule has 0 radical (unpaired) electrons. The van der Waals surface area contributed by atoms with E-state index in [1.54, 1.807) is 19.2 Å². The number of methoxy groups -OCH3 is 1. The van der Waals surface area contributed by atoms with Gasteiger partial charge in [0.25, 0.3) is 5.91 Å². The third-order valence-electron chi connectivity index (χ3n) is 4.91. The number of furan rings is 1. The average molecular weight is 403 g/mol. The second kappa shape index (κ2) is 8.29. The van der Waals surface area contributed by atoms with Crippen LogP contribution in [0.3, 0.4) is 0 Å². The molecule has 0 aliphatic carbocycles. The van der Waals surface area contributed by atoms with Crippen LogP contribution in [-0.2, 0) is 9.53 Å². The van der Waals surface area contributed by atoms with Gasteiger partial charge >= 0.3 is 5.97 Å². The summed E-state index contributed by atoms with van der Waals surface area (Å²) in [5.74, 6) is 0.325. The molecule has 3 aromatic carbocycles. The Morgan fingerprint density at radius 2 is 1.73 bits per heavy atom. The quantitative estimate of drug-likeness (QED) is 0.475. The SMILES string of the molecule is COc1ccc(C(=O)OCC(=O)N[C@@H](C)c2cc3ccccc3o2)c2ccccc12. The second-order valence-corrected chi connectivity index (χ2v) is 6.91. The monoisotopic (exact) mass is 403 g/mol. The second-order valence-electron chi connectivity index (χ2n) is 6.91. The number of carbonyl (C=O) groups is 2. The molecule has 6 nitrogen and oxygen atoms in total. The lowest BCUT2D eigenvalue weighted by Gasteiger charge is -2.13. The third kappa shape index (κ3) is 3.85. The summed E-state index contributed by atoms with van der Waals surface area (Å²) in [4.78, 5) is 24.9. The van der Waals surface area contributed by atoms with Crippen LogP contribution >= 0.6 is 0 Å². The molecule has 6 heteroatoms. The molecule has 1 aromatic heterocycles. The first-order valence-electron chi connectivity index (χ1n) is 9.57. The Kier molecular flexibility index (Phi) is 5.39. The number of ether oxygens (including phenoxy) is 2. The Balaban J connectivity index is 1.41. The number of benzene rings is 3. The summed E-state index contributed by atoms with van der Waals surface area (Å²) >= 11 is 0. The van der Waals surface area contributed by atoms with E-state index in [-0.39, 0.29) is 12.6 Å². The highest BCUT2D eigenvalue weighted by Crippen LogP contribution is 2.28. The molecule has 0 saturated heterocycles. The third-order valence-corrected chi connectivity index (χ3v) is 4.91. The van der Waals surface area contributed by atoms with Crippen molar-refractivity contribution in [2.75, 3.05) is 13.7 Å². The average Bonchev–Trinajstić information content (AvgIpc) is 3.21. The molecular formula is C24H21NO5. The summed E-state index contributed by atoms with van der Waals surface area (Å²) in [5.41, 5.74) is 1.14. The Bertz CT molecular complexity index is 1190. The van der Waals surface area contributed by atoms with Crippen LogP contribution in [0.4, 0.5) is 0 Å². The predicted molar refractivity (Wildman–Crippen MR) is 114 cm³/mol. The lowest BCUT2D eigenvalue weighted by atomic mass is 10.0. The summed E-state index contributed by atoms with van der Waals surface area (Å²) in [7, 11) is 1.58. The molecule has 0 spiro atoms. The lowest BCUT2D eigenvalue weighted by Crippen LogP contribution is -2.31. The molecule has 0 aliphatic rings. The molecule has 1 amide bonds. The number of para-hydroxylation sites is 1. The smallest absolute Gasteiger partial charge is 0.339 e. The van der Waals surface area contributed by atoms with Gasteiger partial charge in [0.1, 0.15) is 17.1 Å². The molecule has 0 bridgehead atoms. The van der Waals surface area contributed by atoms with Gasteiger partial charge in [0.05, 0.1) is 18.7 Å². The maximum atomic E-state index is 12.6. The fraction of sp³-hybridized carbons (Fsp3) is 0.167. The lowest BCUT2D eigenvalue weighted by molar-refractivity contribution is -0.125. The summed E-state index contributed by atoms with van der Waals surface area (Å²) in [6.07, 6.45) is 0. The maximum absolute atomic E-state index is 12.6. The van der Waals surface area contributed by atoms with Crippen LogP contribution < -0.4 is 10.1 Å². The van der Waals surface area contributed by atoms with E-state index in [0.717, 1.165) is 16.4 Å². The van der Waals surface area contributed by atoms with Crippen molar-refractivity contribution in [3.63, 3.8) is 0 Å². The van der Waals surface area contributed by atoms with Crippen molar-refractivity contribution in [1.82, 2.24) is 5.32 Å². The van der Waals surface area contributed by atoms with Crippen LogP contribution in [0.5, 0.6) is 5.75 Å². The number of fused-ring (bicyclic) bond motifs is 2. The first-order chi connectivity index (χ1) is 14.6. The normalized spacial score (nSPS) is 11.9. The van der Waals surface area contributed by atoms with E-state index in [0.29, 0.717) is 22.5 Å². The van der Waals surface area contributed by atoms with Crippen molar-refractivity contribution in [1.29, 1.82) is 0 Å². The molecule has 1 atom stereocenters. The number of esters is 1. The molecule has 30 heavy (non-hydrogen) atoms. The molecule has 4 rings (SSSR count). The highest BCUT2D eigenvalue weighted by Gasteiger charge is 2.18. The Morgan fingerprint density at radius 3 is 2.50 bits per heavy atom. The maximum Gasteiger partial charge on any atom is 0.339 e. The van der Waals surface area contributed by atoms with Gasteiger partial charge in [-0.25, -0.2) is 4.79 Å². The van der Waals surface area contributed by atoms with Crippen LogP contribution in [0, 0.1) is 0 Å². The molecule has 0 unspecified atom stereocenters. The zero-order valence-electron chi connectivity index (χ0n) is 16.7. The van der Waals surface area contributed by atoms with E-state index in [9.17, 15) is 9.59 Å². The molecule has 1 N–H and O–H groups in total. The Labute approximate surface area is 173 Å².